The third-order valence-electron chi connectivity index (χ3n) is 9.95. The second kappa shape index (κ2) is 27.0. The molecule has 13 nitrogen and oxygen atoms in total. The Morgan fingerprint density at radius 1 is 0.636 bits per heavy atom. The van der Waals surface area contributed by atoms with Crippen molar-refractivity contribution in [3.8, 4) is 0 Å². The first-order valence-corrected chi connectivity index (χ1v) is 22.5. The van der Waals surface area contributed by atoms with Gasteiger partial charge in [0.15, 0.2) is 17.4 Å². The van der Waals surface area contributed by atoms with Crippen molar-refractivity contribution in [3.05, 3.63) is 130 Å². The van der Waals surface area contributed by atoms with Crippen LogP contribution in [0, 0.1) is 0 Å². The Labute approximate surface area is 388 Å². The number of Topliss-reactive ketones (excluding diaryl/α,β-unsaturated/α-hetero) is 2. The quantitative estimate of drug-likeness (QED) is 0.0283. The van der Waals surface area contributed by atoms with Gasteiger partial charge in [-0.2, -0.15) is 0 Å². The van der Waals surface area contributed by atoms with Crippen molar-refractivity contribution in [1.29, 1.82) is 0 Å². The van der Waals surface area contributed by atoms with Crippen molar-refractivity contribution >= 4 is 63.9 Å². The number of ketones is 2. The number of hydrogen-bond acceptors (Lipinski definition) is 11. The number of anilines is 2. The van der Waals surface area contributed by atoms with Gasteiger partial charge in [0.2, 0.25) is 11.8 Å². The van der Waals surface area contributed by atoms with Gasteiger partial charge in [-0.1, -0.05) is 87.9 Å². The maximum Gasteiger partial charge on any atom is 0.310 e. The molecule has 0 aromatic heterocycles. The van der Waals surface area contributed by atoms with Crippen LogP contribution in [0.5, 0.6) is 0 Å². The van der Waals surface area contributed by atoms with Crippen LogP contribution in [0.2, 0.25) is 0 Å². The highest BCUT2D eigenvalue weighted by Crippen LogP contribution is 2.42. The lowest BCUT2D eigenvalue weighted by atomic mass is 9.97. The smallest absolute Gasteiger partial charge is 0.310 e. The fraction of sp³-hybridized carbons (Fsp3) is 0.377. The van der Waals surface area contributed by atoms with Gasteiger partial charge in [-0.05, 0) is 75.6 Å². The van der Waals surface area contributed by atoms with E-state index in [-0.39, 0.29) is 23.4 Å². The van der Waals surface area contributed by atoms with Crippen LogP contribution in [0.3, 0.4) is 0 Å². The van der Waals surface area contributed by atoms with E-state index < -0.39 is 23.6 Å². The number of imide groups is 1. The van der Waals surface area contributed by atoms with Gasteiger partial charge in [0.25, 0.3) is 5.91 Å². The standard InChI is InChI=1S/C23H23NO4.C14H22O2.C12H13NO2.C4H6O3/c1-4-9-20(26)17-12-13-19-18(14-17)21(23(27)24(19)15(3)25)22(28-5-2)16-10-7-6-8-11-16;1-4-12-14(15-5-2,16-6-3)13-10-8-7-9-11-13;1-2-3-11(14)8-4-5-10-9(6-8)7-12(15)13-10;1-3(5)7-4(2)6/h6-8,10-14H,4-5,9H2,1-3H3;7-11H,4-6,12H2,1-3H3;4-6H,2-3,7H2,1H3,(H,13,15);1-2H3/b22-21-;;;. The predicted octanol–water partition coefficient (Wildman–Crippen LogP) is 10.4. The number of hydrogen-bond donors (Lipinski definition) is 1. The van der Waals surface area contributed by atoms with Crippen molar-refractivity contribution in [2.24, 2.45) is 0 Å². The van der Waals surface area contributed by atoms with Crippen molar-refractivity contribution in [2.75, 3.05) is 30.0 Å². The third kappa shape index (κ3) is 15.0. The van der Waals surface area contributed by atoms with Crippen LogP contribution in [0.4, 0.5) is 11.4 Å². The number of esters is 2. The summed E-state index contributed by atoms with van der Waals surface area (Å²) in [5, 5.41) is 2.75. The molecule has 4 aromatic carbocycles. The molecule has 2 aliphatic rings. The summed E-state index contributed by atoms with van der Waals surface area (Å²) < 4.78 is 21.6. The monoisotopic (exact) mass is 904 g/mol. The molecule has 0 saturated heterocycles. The number of carbonyl (C=O) groups is 7. The molecule has 0 saturated carbocycles. The fourth-order valence-corrected chi connectivity index (χ4v) is 7.34. The molecule has 6 rings (SSSR count). The Balaban J connectivity index is 0.000000259. The summed E-state index contributed by atoms with van der Waals surface area (Å²) >= 11 is 0. The number of fused-ring (bicyclic) bond motifs is 2. The molecule has 13 heteroatoms. The average molecular weight is 905 g/mol. The van der Waals surface area contributed by atoms with Gasteiger partial charge in [0, 0.05) is 86.8 Å². The third-order valence-corrected chi connectivity index (χ3v) is 9.95. The van der Waals surface area contributed by atoms with Gasteiger partial charge < -0.3 is 24.3 Å². The number of benzene rings is 4. The van der Waals surface area contributed by atoms with Crippen molar-refractivity contribution in [1.82, 2.24) is 0 Å². The Bertz CT molecular complexity index is 2310. The Kier molecular flexibility index (Phi) is 22.0. The lowest BCUT2D eigenvalue weighted by molar-refractivity contribution is -0.246. The minimum Gasteiger partial charge on any atom is -0.492 e. The van der Waals surface area contributed by atoms with Crippen molar-refractivity contribution in [3.63, 3.8) is 0 Å². The number of nitrogens with zero attached hydrogens (tertiary/aromatic N) is 1. The molecule has 352 valence electrons. The molecular formula is C53H64N2O11. The second-order valence-electron chi connectivity index (χ2n) is 15.2. The fourth-order valence-electron chi connectivity index (χ4n) is 7.34. The zero-order valence-electron chi connectivity index (χ0n) is 39.7. The molecular weight excluding hydrogens is 841 g/mol. The summed E-state index contributed by atoms with van der Waals surface area (Å²) in [6.45, 7) is 17.3. The number of ether oxygens (including phenoxy) is 4. The van der Waals surface area contributed by atoms with Gasteiger partial charge >= 0.3 is 11.9 Å². The summed E-state index contributed by atoms with van der Waals surface area (Å²) in [6, 6.07) is 30.0. The molecule has 2 heterocycles. The molecule has 2 aliphatic heterocycles. The molecule has 0 fully saturated rings. The Hall–Kier alpha value is -6.57. The average Bonchev–Trinajstić information content (AvgIpc) is 3.81. The van der Waals surface area contributed by atoms with Crippen LogP contribution in [0.15, 0.2) is 97.1 Å². The van der Waals surface area contributed by atoms with Gasteiger partial charge in [0.1, 0.15) is 5.76 Å². The molecule has 3 amide bonds. The minimum absolute atomic E-state index is 0.00471. The Morgan fingerprint density at radius 3 is 1.67 bits per heavy atom. The van der Waals surface area contributed by atoms with E-state index in [9.17, 15) is 33.6 Å². The van der Waals surface area contributed by atoms with E-state index in [1.54, 1.807) is 24.3 Å². The SMILES string of the molecule is CC(=O)OC(C)=O.CCCC(=O)c1ccc2c(c1)/C(=C(/OCC)c1ccccc1)C(=O)N2C(C)=O.CCCC(=O)c1ccc2c(c1)CC(=O)N2.CCCC(OCC)(OCC)c1ccccc1. The molecule has 1 N–H and O–H groups in total. The summed E-state index contributed by atoms with van der Waals surface area (Å²) in [7, 11) is 0. The van der Waals surface area contributed by atoms with Crippen molar-refractivity contribution in [2.45, 2.75) is 113 Å². The van der Waals surface area contributed by atoms with Crippen LogP contribution in [0.1, 0.15) is 144 Å². The van der Waals surface area contributed by atoms with Crippen LogP contribution in [0.25, 0.3) is 11.3 Å². The zero-order chi connectivity index (χ0) is 48.8. The van der Waals surface area contributed by atoms with E-state index >= 15 is 0 Å². The first-order valence-electron chi connectivity index (χ1n) is 22.5. The molecule has 0 radical (unpaired) electrons. The molecule has 0 unspecified atom stereocenters. The highest BCUT2D eigenvalue weighted by atomic mass is 16.7. The molecule has 4 aromatic rings. The molecule has 0 spiro atoms. The van der Waals surface area contributed by atoms with Crippen LogP contribution < -0.4 is 10.2 Å². The largest absolute Gasteiger partial charge is 0.492 e. The maximum absolute atomic E-state index is 13.2. The summed E-state index contributed by atoms with van der Waals surface area (Å²) in [5.41, 5.74) is 6.21. The van der Waals surface area contributed by atoms with Crippen LogP contribution >= 0.6 is 0 Å². The predicted molar refractivity (Wildman–Crippen MR) is 255 cm³/mol. The number of carbonyl (C=O) groups excluding carboxylic acids is 7. The van der Waals surface area contributed by atoms with Crippen LogP contribution in [-0.2, 0) is 55.1 Å². The zero-order valence-corrected chi connectivity index (χ0v) is 39.7. The molecule has 0 bridgehead atoms. The lowest BCUT2D eigenvalue weighted by Gasteiger charge is -2.33. The Morgan fingerprint density at radius 2 is 1.18 bits per heavy atom. The highest BCUT2D eigenvalue weighted by Gasteiger charge is 2.39. The normalized spacial score (nSPS) is 13.0. The van der Waals surface area contributed by atoms with E-state index in [2.05, 4.69) is 29.1 Å². The number of nitrogens with one attached hydrogen (secondary N) is 1. The van der Waals surface area contributed by atoms with E-state index in [1.165, 1.54) is 20.8 Å². The topological polar surface area (TPSA) is 172 Å². The minimum atomic E-state index is -0.562. The molecule has 66 heavy (non-hydrogen) atoms. The highest BCUT2D eigenvalue weighted by molar-refractivity contribution is 6.43. The number of rotatable bonds is 16. The first kappa shape index (κ1) is 53.8. The van der Waals surface area contributed by atoms with E-state index in [4.69, 9.17) is 14.2 Å². The van der Waals surface area contributed by atoms with Gasteiger partial charge in [-0.3, -0.25) is 33.6 Å². The van der Waals surface area contributed by atoms with Gasteiger partial charge in [0.05, 0.1) is 24.3 Å². The van der Waals surface area contributed by atoms with E-state index in [1.807, 2.05) is 95.3 Å². The summed E-state index contributed by atoms with van der Waals surface area (Å²) in [4.78, 5) is 81.3. The summed E-state index contributed by atoms with van der Waals surface area (Å²) in [6.07, 6.45) is 4.91. The maximum atomic E-state index is 13.2. The van der Waals surface area contributed by atoms with E-state index in [0.717, 1.165) is 53.0 Å². The van der Waals surface area contributed by atoms with Crippen molar-refractivity contribution < 1.29 is 52.5 Å². The molecule has 0 aliphatic carbocycles. The summed E-state index contributed by atoms with van der Waals surface area (Å²) in [5.74, 6) is -1.91. The lowest BCUT2D eigenvalue weighted by Crippen LogP contribution is -2.33. The second-order valence-corrected chi connectivity index (χ2v) is 15.2. The van der Waals surface area contributed by atoms with Gasteiger partial charge in [-0.15, -0.1) is 0 Å². The van der Waals surface area contributed by atoms with Crippen LogP contribution in [-0.4, -0.2) is 61.0 Å². The van der Waals surface area contributed by atoms with E-state index in [0.29, 0.717) is 72.8 Å². The first-order chi connectivity index (χ1) is 31.6. The van der Waals surface area contributed by atoms with Gasteiger partial charge in [-0.25, -0.2) is 4.90 Å². The number of amides is 3. The molecule has 0 atom stereocenters.